The molecule has 0 aliphatic carbocycles. The average molecular weight is 390 g/mol. The van der Waals surface area contributed by atoms with Crippen LogP contribution in [0.4, 0.5) is 0 Å². The van der Waals surface area contributed by atoms with Gasteiger partial charge in [-0.3, -0.25) is 23.9 Å². The highest BCUT2D eigenvalue weighted by molar-refractivity contribution is 5.80. The molecule has 1 amide bonds. The van der Waals surface area contributed by atoms with Gasteiger partial charge in [0.05, 0.1) is 6.20 Å². The van der Waals surface area contributed by atoms with Gasteiger partial charge in [-0.05, 0) is 25.8 Å². The van der Waals surface area contributed by atoms with Crippen LogP contribution in [0.3, 0.4) is 0 Å². The lowest BCUT2D eigenvalue weighted by molar-refractivity contribution is -0.135. The minimum absolute atomic E-state index is 0.187. The van der Waals surface area contributed by atoms with Crippen molar-refractivity contribution in [2.24, 2.45) is 0 Å². The summed E-state index contributed by atoms with van der Waals surface area (Å²) in [6.07, 6.45) is 9.43. The van der Waals surface area contributed by atoms with Crippen LogP contribution < -0.4 is 0 Å². The van der Waals surface area contributed by atoms with Gasteiger partial charge in [-0.25, -0.2) is 0 Å². The number of carbonyl (C=O) groups is 2. The molecule has 1 atom stereocenters. The van der Waals surface area contributed by atoms with Crippen molar-refractivity contribution in [3.63, 3.8) is 0 Å². The van der Waals surface area contributed by atoms with Crippen LogP contribution in [0.2, 0.25) is 0 Å². The summed E-state index contributed by atoms with van der Waals surface area (Å²) in [6.45, 7) is 9.19. The van der Waals surface area contributed by atoms with Gasteiger partial charge in [-0.2, -0.15) is 10.2 Å². The maximum Gasteiger partial charge on any atom is 0.290 e. The van der Waals surface area contributed by atoms with Crippen LogP contribution in [0.1, 0.15) is 38.3 Å². The number of rotatable bonds is 6. The molecule has 0 saturated carbocycles. The quantitative estimate of drug-likeness (QED) is 0.751. The zero-order valence-corrected chi connectivity index (χ0v) is 16.6. The Kier molecular flexibility index (Phi) is 8.67. The molecule has 0 bridgehead atoms. The molecule has 0 radical (unpaired) electrons. The molecule has 28 heavy (non-hydrogen) atoms. The normalized spacial score (nSPS) is 16.0. The first kappa shape index (κ1) is 21.6. The van der Waals surface area contributed by atoms with Gasteiger partial charge >= 0.3 is 0 Å². The first-order valence-corrected chi connectivity index (χ1v) is 9.72. The number of carboxylic acid groups (broad SMARTS) is 1. The predicted molar refractivity (Wildman–Crippen MR) is 105 cm³/mol. The van der Waals surface area contributed by atoms with Gasteiger partial charge in [0.25, 0.3) is 6.47 Å². The van der Waals surface area contributed by atoms with E-state index in [9.17, 15) is 4.79 Å². The van der Waals surface area contributed by atoms with E-state index in [0.717, 1.165) is 52.1 Å². The molecule has 1 fully saturated rings. The van der Waals surface area contributed by atoms with Crippen LogP contribution in [0.15, 0.2) is 30.9 Å². The summed E-state index contributed by atoms with van der Waals surface area (Å²) in [4.78, 5) is 25.7. The fourth-order valence-corrected chi connectivity index (χ4v) is 3.42. The highest BCUT2D eigenvalue weighted by atomic mass is 16.3. The number of carbonyl (C=O) groups excluding carboxylic acids is 1. The third-order valence-corrected chi connectivity index (χ3v) is 4.83. The third-order valence-electron chi connectivity index (χ3n) is 4.83. The van der Waals surface area contributed by atoms with E-state index >= 15 is 0 Å². The zero-order chi connectivity index (χ0) is 20.4. The SMILES string of the molecule is CCC(C(=O)N1CCCN(Cc2cnn(CC)c2)CC1)n1cccn1.O=CO. The maximum absolute atomic E-state index is 12.9. The fourth-order valence-electron chi connectivity index (χ4n) is 3.42. The largest absolute Gasteiger partial charge is 0.483 e. The van der Waals surface area contributed by atoms with Crippen LogP contribution in [0.25, 0.3) is 0 Å². The van der Waals surface area contributed by atoms with Crippen LogP contribution >= 0.6 is 0 Å². The minimum Gasteiger partial charge on any atom is -0.483 e. The number of amides is 1. The number of aryl methyl sites for hydroxylation is 1. The second-order valence-electron chi connectivity index (χ2n) is 6.67. The monoisotopic (exact) mass is 390 g/mol. The van der Waals surface area contributed by atoms with Crippen molar-refractivity contribution >= 4 is 12.4 Å². The van der Waals surface area contributed by atoms with Crippen molar-refractivity contribution in [2.45, 2.75) is 45.8 Å². The number of aromatic nitrogens is 4. The maximum atomic E-state index is 12.9. The summed E-state index contributed by atoms with van der Waals surface area (Å²) < 4.78 is 3.74. The van der Waals surface area contributed by atoms with E-state index in [-0.39, 0.29) is 18.4 Å². The van der Waals surface area contributed by atoms with Crippen molar-refractivity contribution < 1.29 is 14.7 Å². The standard InChI is InChI=1S/C18H28N6O.CH2O2/c1-3-17(24-10-5-7-19-24)18(25)22-9-6-8-21(11-12-22)14-16-13-20-23(4-2)15-16;2-1-3/h5,7,10,13,15,17H,3-4,6,8-9,11-12,14H2,1-2H3;1H,(H,2,3). The van der Waals surface area contributed by atoms with Gasteiger partial charge in [0.1, 0.15) is 6.04 Å². The molecule has 9 heteroatoms. The molecular weight excluding hydrogens is 360 g/mol. The van der Waals surface area contributed by atoms with Crippen LogP contribution in [-0.4, -0.2) is 73.0 Å². The minimum atomic E-state index is -0.250. The Bertz CT molecular complexity index is 715. The first-order chi connectivity index (χ1) is 13.6. The topological polar surface area (TPSA) is 96.5 Å². The van der Waals surface area contributed by atoms with Crippen molar-refractivity contribution in [1.29, 1.82) is 0 Å². The fraction of sp³-hybridized carbons (Fsp3) is 0.579. The zero-order valence-electron chi connectivity index (χ0n) is 16.6. The molecule has 0 aromatic carbocycles. The van der Waals surface area contributed by atoms with Crippen LogP contribution in [-0.2, 0) is 22.7 Å². The Balaban J connectivity index is 0.000000878. The van der Waals surface area contributed by atoms with E-state index in [1.54, 1.807) is 10.9 Å². The summed E-state index contributed by atoms with van der Waals surface area (Å²) in [5, 5.41) is 15.5. The van der Waals surface area contributed by atoms with E-state index in [2.05, 4.69) is 28.2 Å². The van der Waals surface area contributed by atoms with Crippen LogP contribution in [0, 0.1) is 0 Å². The Morgan fingerprint density at radius 3 is 2.64 bits per heavy atom. The van der Waals surface area contributed by atoms with Crippen molar-refractivity contribution in [3.05, 3.63) is 36.4 Å². The summed E-state index contributed by atoms with van der Waals surface area (Å²) >= 11 is 0. The molecule has 3 heterocycles. The van der Waals surface area contributed by atoms with Crippen LogP contribution in [0.5, 0.6) is 0 Å². The predicted octanol–water partition coefficient (Wildman–Crippen LogP) is 1.49. The molecular formula is C19H30N6O3. The Hall–Kier alpha value is -2.68. The lowest BCUT2D eigenvalue weighted by Gasteiger charge is -2.26. The average Bonchev–Trinajstić information content (AvgIpc) is 3.32. The van der Waals surface area contributed by atoms with Gasteiger partial charge in [0, 0.05) is 63.4 Å². The molecule has 1 aliphatic rings. The van der Waals surface area contributed by atoms with Crippen molar-refractivity contribution in [1.82, 2.24) is 29.4 Å². The van der Waals surface area contributed by atoms with E-state index in [0.29, 0.717) is 0 Å². The highest BCUT2D eigenvalue weighted by Crippen LogP contribution is 2.16. The molecule has 2 aromatic heterocycles. The lowest BCUT2D eigenvalue weighted by atomic mass is 10.2. The number of nitrogens with zero attached hydrogens (tertiary/aromatic N) is 6. The molecule has 1 N–H and O–H groups in total. The Morgan fingerprint density at radius 1 is 1.25 bits per heavy atom. The van der Waals surface area contributed by atoms with E-state index in [1.165, 1.54) is 5.56 Å². The van der Waals surface area contributed by atoms with Crippen molar-refractivity contribution in [2.75, 3.05) is 26.2 Å². The van der Waals surface area contributed by atoms with E-state index < -0.39 is 0 Å². The highest BCUT2D eigenvalue weighted by Gasteiger charge is 2.26. The molecule has 154 valence electrons. The summed E-state index contributed by atoms with van der Waals surface area (Å²) in [7, 11) is 0. The second kappa shape index (κ2) is 11.2. The number of hydrogen-bond donors (Lipinski definition) is 1. The van der Waals surface area contributed by atoms with Gasteiger partial charge in [-0.15, -0.1) is 0 Å². The summed E-state index contributed by atoms with van der Waals surface area (Å²) in [6, 6.07) is 1.68. The molecule has 2 aromatic rings. The smallest absolute Gasteiger partial charge is 0.290 e. The molecule has 1 unspecified atom stereocenters. The number of hydrogen-bond acceptors (Lipinski definition) is 5. The molecule has 0 spiro atoms. The Morgan fingerprint density at radius 2 is 2.04 bits per heavy atom. The molecule has 1 aliphatic heterocycles. The van der Waals surface area contributed by atoms with Gasteiger partial charge in [-0.1, -0.05) is 6.92 Å². The summed E-state index contributed by atoms with van der Waals surface area (Å²) in [5.41, 5.74) is 1.24. The molecule has 1 saturated heterocycles. The van der Waals surface area contributed by atoms with Gasteiger partial charge < -0.3 is 10.0 Å². The molecule has 3 rings (SSSR count). The van der Waals surface area contributed by atoms with Gasteiger partial charge in [0.15, 0.2) is 0 Å². The third kappa shape index (κ3) is 5.91. The van der Waals surface area contributed by atoms with E-state index in [4.69, 9.17) is 9.90 Å². The first-order valence-electron chi connectivity index (χ1n) is 9.72. The van der Waals surface area contributed by atoms with Crippen molar-refractivity contribution in [3.8, 4) is 0 Å². The Labute approximate surface area is 165 Å². The second-order valence-corrected chi connectivity index (χ2v) is 6.67. The lowest BCUT2D eigenvalue weighted by Crippen LogP contribution is -2.39. The van der Waals surface area contributed by atoms with Gasteiger partial charge in [0.2, 0.25) is 5.91 Å². The summed E-state index contributed by atoms with van der Waals surface area (Å²) in [5.74, 6) is 0.187. The van der Waals surface area contributed by atoms with E-state index in [1.807, 2.05) is 35.0 Å². The molecule has 9 nitrogen and oxygen atoms in total.